The van der Waals surface area contributed by atoms with Crippen LogP contribution < -0.4 is 23.7 Å². The number of thiazole rings is 1. The zero-order chi connectivity index (χ0) is 47.7. The standard InChI is InChI=1S/C49H61N5O10S2/c1-10-31-24-49(31,46(58)53-66(59,60)64-44-29(4)14-13-15-30(44)5)25-41(55)40-21-34(26-54(40)45(57)36(48(6,7)8)22-43(56)63-32-16-11-12-17-32)62-42-23-38(39-27-65-47(52-39)50-28(2)3)51-37-20-33(61-9)18-19-35(37)42/h10,13-15,18-20,23,27-28,31-32,34,36,40H,1,11-12,16-17,21-22,24-26H2,2-9H3,(H,50,52)(H,53,58)/t31-,34-,36-,40+,49-/m1/s1. The third kappa shape index (κ3) is 10.8. The Balaban J connectivity index is 1.20. The van der Waals surface area contributed by atoms with E-state index < -0.39 is 75.1 Å². The number of nitrogens with zero attached hydrogens (tertiary/aromatic N) is 3. The quantitative estimate of drug-likeness (QED) is 0.0716. The first-order valence-corrected chi connectivity index (χ1v) is 24.8. The molecule has 0 spiro atoms. The number of carbonyl (C=O) groups excluding carboxylic acids is 4. The van der Waals surface area contributed by atoms with Gasteiger partial charge in [-0.25, -0.2) is 14.7 Å². The second kappa shape index (κ2) is 19.4. The third-order valence-electron chi connectivity index (χ3n) is 12.9. The molecule has 0 bridgehead atoms. The van der Waals surface area contributed by atoms with E-state index in [0.29, 0.717) is 44.9 Å². The Morgan fingerprint density at radius 1 is 1.02 bits per heavy atom. The summed E-state index contributed by atoms with van der Waals surface area (Å²) in [7, 11) is -3.10. The SMILES string of the molecule is C=C[C@@H]1C[C@]1(CC(=O)[C@@H]1C[C@@H](Oc2cc(-c3csc(NC(C)C)n3)nc3cc(OC)ccc23)CN1C(=O)[C@@H](CC(=O)OC1CCCC1)C(C)(C)C)C(=O)NS(=O)(=O)Oc1c(C)cccc1C. The minimum Gasteiger partial charge on any atom is -0.497 e. The molecular formula is C49H61N5O10S2. The average molecular weight is 944 g/mol. The Kier molecular flexibility index (Phi) is 14.2. The lowest BCUT2D eigenvalue weighted by atomic mass is 9.77. The number of likely N-dealkylation sites (tertiary alicyclic amines) is 1. The number of carbonyl (C=O) groups is 4. The minimum atomic E-state index is -4.67. The molecule has 0 unspecified atom stereocenters. The molecule has 2 aromatic carbocycles. The average Bonchev–Trinajstić information content (AvgIpc) is 3.66. The summed E-state index contributed by atoms with van der Waals surface area (Å²) in [5, 5.41) is 6.62. The van der Waals surface area contributed by atoms with Crippen molar-refractivity contribution < 1.29 is 46.0 Å². The van der Waals surface area contributed by atoms with E-state index in [1.165, 1.54) is 22.3 Å². The molecule has 15 nitrogen and oxygen atoms in total. The summed E-state index contributed by atoms with van der Waals surface area (Å²) in [4.78, 5) is 68.6. The topological polar surface area (TPSA) is 192 Å². The first kappa shape index (κ1) is 48.4. The van der Waals surface area contributed by atoms with E-state index >= 15 is 4.79 Å². The molecular weight excluding hydrogens is 883 g/mol. The number of methoxy groups -OCH3 is 1. The summed E-state index contributed by atoms with van der Waals surface area (Å²) >= 11 is 1.45. The Bertz CT molecular complexity index is 2600. The minimum absolute atomic E-state index is 0.0178. The van der Waals surface area contributed by atoms with Crippen LogP contribution in [-0.4, -0.2) is 84.8 Å². The van der Waals surface area contributed by atoms with Gasteiger partial charge in [0.15, 0.2) is 10.9 Å². The van der Waals surface area contributed by atoms with E-state index in [1.54, 1.807) is 57.4 Å². The van der Waals surface area contributed by atoms with E-state index in [1.807, 2.05) is 46.1 Å². The molecule has 2 aromatic heterocycles. The number of hydrogen-bond donors (Lipinski definition) is 2. The summed E-state index contributed by atoms with van der Waals surface area (Å²) in [5.74, 6) is -2.53. The van der Waals surface area contributed by atoms with Crippen molar-refractivity contribution in [2.24, 2.45) is 22.7 Å². The van der Waals surface area contributed by atoms with Gasteiger partial charge in [0, 0.05) is 41.8 Å². The van der Waals surface area contributed by atoms with Crippen molar-refractivity contribution in [1.82, 2.24) is 19.6 Å². The predicted molar refractivity (Wildman–Crippen MR) is 253 cm³/mol. The van der Waals surface area contributed by atoms with Crippen LogP contribution in [0.2, 0.25) is 0 Å². The van der Waals surface area contributed by atoms with Crippen LogP contribution in [0.1, 0.15) is 97.1 Å². The molecule has 2 aliphatic carbocycles. The van der Waals surface area contributed by atoms with Crippen molar-refractivity contribution in [2.75, 3.05) is 19.0 Å². The van der Waals surface area contributed by atoms with Crippen LogP contribution in [0, 0.1) is 36.5 Å². The number of nitrogens with one attached hydrogen (secondary N) is 2. The number of anilines is 1. The highest BCUT2D eigenvalue weighted by molar-refractivity contribution is 7.85. The number of Topliss-reactive ketones (excluding diaryl/α,β-unsaturated/α-hetero) is 1. The van der Waals surface area contributed by atoms with Crippen molar-refractivity contribution in [3.8, 4) is 28.6 Å². The lowest BCUT2D eigenvalue weighted by Crippen LogP contribution is -2.48. The summed E-state index contributed by atoms with van der Waals surface area (Å²) < 4.78 is 52.3. The van der Waals surface area contributed by atoms with Gasteiger partial charge in [0.25, 0.3) is 0 Å². The number of allylic oxidation sites excluding steroid dienone is 1. The van der Waals surface area contributed by atoms with Gasteiger partial charge in [-0.3, -0.25) is 19.2 Å². The maximum absolute atomic E-state index is 15.0. The van der Waals surface area contributed by atoms with Crippen molar-refractivity contribution in [2.45, 2.75) is 124 Å². The number of pyridine rings is 1. The third-order valence-corrected chi connectivity index (χ3v) is 14.5. The maximum atomic E-state index is 15.0. The number of hydrogen-bond acceptors (Lipinski definition) is 14. The van der Waals surface area contributed by atoms with Crippen molar-refractivity contribution in [3.63, 3.8) is 0 Å². The molecule has 5 atom stereocenters. The fraction of sp³-hybridized carbons (Fsp3) is 0.510. The van der Waals surface area contributed by atoms with Crippen LogP contribution in [0.4, 0.5) is 5.13 Å². The van der Waals surface area contributed by atoms with Gasteiger partial charge in [0.05, 0.1) is 48.7 Å². The summed E-state index contributed by atoms with van der Waals surface area (Å²) in [6.07, 6.45) is 3.73. The number of ketones is 1. The number of esters is 1. The predicted octanol–water partition coefficient (Wildman–Crippen LogP) is 8.28. The summed E-state index contributed by atoms with van der Waals surface area (Å²) in [6, 6.07) is 11.4. The van der Waals surface area contributed by atoms with Crippen LogP contribution >= 0.6 is 11.3 Å². The molecule has 1 saturated heterocycles. The van der Waals surface area contributed by atoms with Gasteiger partial charge in [0.2, 0.25) is 11.8 Å². The van der Waals surface area contributed by atoms with Gasteiger partial charge in [-0.2, -0.15) is 8.42 Å². The number of para-hydroxylation sites is 1. The fourth-order valence-electron chi connectivity index (χ4n) is 9.11. The number of aryl methyl sites for hydroxylation is 2. The molecule has 3 heterocycles. The van der Waals surface area contributed by atoms with Crippen LogP contribution in [0.15, 0.2) is 60.5 Å². The molecule has 0 radical (unpaired) electrons. The highest BCUT2D eigenvalue weighted by Crippen LogP contribution is 2.57. The zero-order valence-electron chi connectivity index (χ0n) is 39.0. The maximum Gasteiger partial charge on any atom is 0.409 e. The van der Waals surface area contributed by atoms with Gasteiger partial charge in [-0.1, -0.05) is 45.0 Å². The van der Waals surface area contributed by atoms with Crippen LogP contribution in [0.3, 0.4) is 0 Å². The van der Waals surface area contributed by atoms with Gasteiger partial charge >= 0.3 is 16.3 Å². The lowest BCUT2D eigenvalue weighted by molar-refractivity contribution is -0.156. The van der Waals surface area contributed by atoms with Crippen LogP contribution in [0.5, 0.6) is 17.2 Å². The molecule has 3 aliphatic rings. The molecule has 2 saturated carbocycles. The number of benzene rings is 2. The Hall–Kier alpha value is -5.55. The molecule has 2 amide bonds. The molecule has 2 N–H and O–H groups in total. The molecule has 3 fully saturated rings. The number of fused-ring (bicyclic) bond motifs is 1. The second-order valence-electron chi connectivity index (χ2n) is 19.3. The Morgan fingerprint density at radius 2 is 1.73 bits per heavy atom. The van der Waals surface area contributed by atoms with E-state index in [2.05, 4.69) is 16.6 Å². The molecule has 1 aliphatic heterocycles. The van der Waals surface area contributed by atoms with Crippen molar-refractivity contribution in [1.29, 1.82) is 0 Å². The van der Waals surface area contributed by atoms with E-state index in [-0.39, 0.29) is 43.7 Å². The number of amides is 2. The largest absolute Gasteiger partial charge is 0.497 e. The highest BCUT2D eigenvalue weighted by atomic mass is 32.2. The van der Waals surface area contributed by atoms with Crippen molar-refractivity contribution >= 4 is 61.2 Å². The summed E-state index contributed by atoms with van der Waals surface area (Å²) in [6.45, 7) is 16.9. The smallest absolute Gasteiger partial charge is 0.409 e. The van der Waals surface area contributed by atoms with Gasteiger partial charge < -0.3 is 28.6 Å². The first-order chi connectivity index (χ1) is 31.2. The van der Waals surface area contributed by atoms with Gasteiger partial charge in [-0.05, 0) is 94.4 Å². The first-order valence-electron chi connectivity index (χ1n) is 22.6. The molecule has 354 valence electrons. The highest BCUT2D eigenvalue weighted by Gasteiger charge is 2.61. The van der Waals surface area contributed by atoms with Crippen LogP contribution in [0.25, 0.3) is 22.3 Å². The Morgan fingerprint density at radius 3 is 2.36 bits per heavy atom. The molecule has 7 rings (SSSR count). The molecule has 66 heavy (non-hydrogen) atoms. The van der Waals surface area contributed by atoms with Crippen LogP contribution in [-0.2, 0) is 34.2 Å². The summed E-state index contributed by atoms with van der Waals surface area (Å²) in [5.41, 5.74) is 0.669. The molecule has 17 heteroatoms. The van der Waals surface area contributed by atoms with E-state index in [0.717, 1.165) is 30.8 Å². The lowest BCUT2D eigenvalue weighted by Gasteiger charge is -2.35. The van der Waals surface area contributed by atoms with E-state index in [4.69, 9.17) is 28.4 Å². The second-order valence-corrected chi connectivity index (χ2v) is 21.4. The van der Waals surface area contributed by atoms with Gasteiger partial charge in [0.1, 0.15) is 35.2 Å². The fourth-order valence-corrected chi connectivity index (χ4v) is 10.9. The zero-order valence-corrected chi connectivity index (χ0v) is 40.6. The number of rotatable bonds is 18. The van der Waals surface area contributed by atoms with Crippen molar-refractivity contribution in [3.05, 3.63) is 71.6 Å². The number of ether oxygens (including phenoxy) is 3. The number of aromatic nitrogens is 2. The monoisotopic (exact) mass is 943 g/mol. The molecule has 4 aromatic rings. The normalized spacial score (nSPS) is 21.3. The van der Waals surface area contributed by atoms with E-state index in [9.17, 15) is 22.8 Å². The van der Waals surface area contributed by atoms with Gasteiger partial charge in [-0.15, -0.1) is 17.9 Å². The Labute approximate surface area is 391 Å².